The third-order valence-corrected chi connectivity index (χ3v) is 2.83. The molecule has 0 radical (unpaired) electrons. The fraction of sp³-hybridized carbons (Fsp3) is 0.133. The molecule has 0 fully saturated rings. The van der Waals surface area contributed by atoms with E-state index >= 15 is 0 Å². The molecule has 1 amide bonds. The number of hydrogen-bond acceptors (Lipinski definition) is 5. The molecule has 0 bridgehead atoms. The number of amides is 1. The Bertz CT molecular complexity index is 771. The monoisotopic (exact) mass is 352 g/mol. The molecule has 2 aromatic rings. The Labute approximate surface area is 140 Å². The summed E-state index contributed by atoms with van der Waals surface area (Å²) >= 11 is 0. The fourth-order valence-corrected chi connectivity index (χ4v) is 1.71. The van der Waals surface area contributed by atoms with Crippen LogP contribution < -0.4 is 16.4 Å². The number of aromatic nitrogens is 3. The molecule has 0 saturated heterocycles. The number of benzene rings is 1. The number of anilines is 3. The first-order chi connectivity index (χ1) is 11.8. The zero-order chi connectivity index (χ0) is 18.3. The normalized spacial score (nSPS) is 10.7. The van der Waals surface area contributed by atoms with Crippen LogP contribution in [0.4, 0.5) is 30.6 Å². The number of nitrogens with zero attached hydrogens (tertiary/aromatic N) is 2. The number of halogens is 3. The number of nitrogens with one attached hydrogen (secondary N) is 3. The number of carbonyl (C=O) groups is 1. The summed E-state index contributed by atoms with van der Waals surface area (Å²) in [4.78, 5) is 21.8. The molecule has 1 aromatic carbocycles. The highest BCUT2D eigenvalue weighted by atomic mass is 19.4. The molecule has 2 rings (SSSR count). The molecule has 1 heterocycles. The number of aromatic amines is 1. The van der Waals surface area contributed by atoms with Crippen molar-refractivity contribution in [1.29, 1.82) is 0 Å². The van der Waals surface area contributed by atoms with E-state index in [2.05, 4.69) is 25.6 Å². The van der Waals surface area contributed by atoms with Gasteiger partial charge in [0.1, 0.15) is 12.4 Å². The molecule has 10 heteroatoms. The molecule has 25 heavy (non-hydrogen) atoms. The molecular formula is C15H15F3N6O. The fourth-order valence-electron chi connectivity index (χ4n) is 1.71. The lowest BCUT2D eigenvalue weighted by Gasteiger charge is -2.09. The summed E-state index contributed by atoms with van der Waals surface area (Å²) in [5.74, 6) is -0.546. The average molecular weight is 352 g/mol. The predicted octanol–water partition coefficient (Wildman–Crippen LogP) is 2.75. The minimum absolute atomic E-state index is 0.0225. The van der Waals surface area contributed by atoms with Crippen LogP contribution in [0.1, 0.15) is 10.4 Å². The van der Waals surface area contributed by atoms with Gasteiger partial charge in [-0.05, 0) is 36.4 Å². The van der Waals surface area contributed by atoms with Crippen LogP contribution >= 0.6 is 0 Å². The van der Waals surface area contributed by atoms with Crippen molar-refractivity contribution in [1.82, 2.24) is 15.0 Å². The molecule has 132 valence electrons. The number of primary amides is 1. The van der Waals surface area contributed by atoms with Crippen molar-refractivity contribution < 1.29 is 18.0 Å². The van der Waals surface area contributed by atoms with Gasteiger partial charge < -0.3 is 21.4 Å². The lowest BCUT2D eigenvalue weighted by molar-refractivity contribution is -0.115. The number of rotatable bonds is 5. The van der Waals surface area contributed by atoms with Gasteiger partial charge in [-0.25, -0.2) is 4.98 Å². The molecule has 0 unspecified atom stereocenters. The summed E-state index contributed by atoms with van der Waals surface area (Å²) in [5, 5.41) is 5.03. The lowest BCUT2D eigenvalue weighted by atomic mass is 10.2. The Morgan fingerprint density at radius 2 is 1.92 bits per heavy atom. The van der Waals surface area contributed by atoms with E-state index in [9.17, 15) is 18.0 Å². The van der Waals surface area contributed by atoms with E-state index in [1.807, 2.05) is 0 Å². The van der Waals surface area contributed by atoms with Crippen LogP contribution in [0.25, 0.3) is 0 Å². The molecule has 0 spiro atoms. The first kappa shape index (κ1) is 18.0. The summed E-state index contributed by atoms with van der Waals surface area (Å²) in [6.45, 7) is -1.23. The predicted molar refractivity (Wildman–Crippen MR) is 86.8 cm³/mol. The lowest BCUT2D eigenvalue weighted by Crippen LogP contribution is -2.21. The van der Waals surface area contributed by atoms with Crippen LogP contribution in [0.15, 0.2) is 48.9 Å². The highest BCUT2D eigenvalue weighted by molar-refractivity contribution is 5.93. The smallest absolute Gasteiger partial charge is 0.366 e. The van der Waals surface area contributed by atoms with E-state index in [-0.39, 0.29) is 11.8 Å². The minimum atomic E-state index is -4.38. The van der Waals surface area contributed by atoms with Crippen molar-refractivity contribution in [3.63, 3.8) is 0 Å². The van der Waals surface area contributed by atoms with E-state index in [4.69, 9.17) is 5.73 Å². The highest BCUT2D eigenvalue weighted by Crippen LogP contribution is 2.17. The SMILES string of the molecule is NC(=O)c1ccc(Nc2nc[nH]cccc(NCC(F)(F)F)n2)cc1. The number of nitrogens with two attached hydrogens (primary N) is 1. The zero-order valence-electron chi connectivity index (χ0n) is 12.8. The van der Waals surface area contributed by atoms with Gasteiger partial charge in [0.05, 0.1) is 6.33 Å². The number of alkyl halides is 3. The van der Waals surface area contributed by atoms with Crippen molar-refractivity contribution in [3.8, 4) is 0 Å². The van der Waals surface area contributed by atoms with Gasteiger partial charge in [-0.3, -0.25) is 4.79 Å². The Balaban J connectivity index is 2.26. The zero-order valence-corrected chi connectivity index (χ0v) is 12.8. The van der Waals surface area contributed by atoms with Gasteiger partial charge in [0.25, 0.3) is 0 Å². The summed E-state index contributed by atoms with van der Waals surface area (Å²) in [5.41, 5.74) is 6.01. The van der Waals surface area contributed by atoms with Crippen LogP contribution in [-0.2, 0) is 0 Å². The third kappa shape index (κ3) is 6.37. The van der Waals surface area contributed by atoms with Gasteiger partial charge in [-0.15, -0.1) is 0 Å². The number of H-pyrrole nitrogens is 1. The standard InChI is InChI=1S/C15H15F3N6O/c16-15(17,18)8-21-12-2-1-7-20-9-22-14(24-12)23-11-5-3-10(4-6-11)13(19)25/h1-7,9,21H,8H2,(H2,19,25)(H2,20,22,23,24). The van der Waals surface area contributed by atoms with Crippen LogP contribution in [0, 0.1) is 0 Å². The number of carbonyl (C=O) groups excluding carboxylic acids is 1. The largest absolute Gasteiger partial charge is 0.405 e. The highest BCUT2D eigenvalue weighted by Gasteiger charge is 2.26. The van der Waals surface area contributed by atoms with E-state index in [1.165, 1.54) is 36.8 Å². The van der Waals surface area contributed by atoms with Crippen LogP contribution in [0.2, 0.25) is 0 Å². The van der Waals surface area contributed by atoms with Gasteiger partial charge in [0.2, 0.25) is 11.9 Å². The minimum Gasteiger partial charge on any atom is -0.366 e. The Kier molecular flexibility index (Phi) is 5.77. The molecule has 0 saturated carbocycles. The number of hydrogen-bond donors (Lipinski definition) is 4. The topological polar surface area (TPSA) is 109 Å². The van der Waals surface area contributed by atoms with Gasteiger partial charge in [-0.2, -0.15) is 18.2 Å². The Morgan fingerprint density at radius 3 is 2.56 bits per heavy atom. The van der Waals surface area contributed by atoms with Crippen molar-refractivity contribution >= 4 is 23.4 Å². The first-order valence-electron chi connectivity index (χ1n) is 7.05. The van der Waals surface area contributed by atoms with Crippen molar-refractivity contribution in [2.45, 2.75) is 6.18 Å². The molecule has 1 aromatic heterocycles. The first-order valence-corrected chi connectivity index (χ1v) is 7.05. The second kappa shape index (κ2) is 7.99. The van der Waals surface area contributed by atoms with Crippen molar-refractivity contribution in [3.05, 3.63) is 54.5 Å². The molecule has 0 aliphatic heterocycles. The second-order valence-corrected chi connectivity index (χ2v) is 4.81. The van der Waals surface area contributed by atoms with Crippen molar-refractivity contribution in [2.75, 3.05) is 17.2 Å². The molecule has 0 aliphatic rings. The van der Waals surface area contributed by atoms with Gasteiger partial charge in [0, 0.05) is 17.4 Å². The van der Waals surface area contributed by atoms with Gasteiger partial charge in [-0.1, -0.05) is 0 Å². The van der Waals surface area contributed by atoms with E-state index in [0.717, 1.165) is 0 Å². The third-order valence-electron chi connectivity index (χ3n) is 2.83. The molecule has 5 N–H and O–H groups in total. The molecular weight excluding hydrogens is 337 g/mol. The molecule has 0 atom stereocenters. The molecule has 7 nitrogen and oxygen atoms in total. The maximum absolute atomic E-state index is 12.4. The van der Waals surface area contributed by atoms with Crippen LogP contribution in [0.3, 0.4) is 0 Å². The van der Waals surface area contributed by atoms with E-state index in [1.54, 1.807) is 12.1 Å². The van der Waals surface area contributed by atoms with Gasteiger partial charge in [0.15, 0.2) is 0 Å². The van der Waals surface area contributed by atoms with Crippen LogP contribution in [-0.4, -0.2) is 33.6 Å². The van der Waals surface area contributed by atoms with Crippen molar-refractivity contribution in [2.24, 2.45) is 5.73 Å². The Hall–Kier alpha value is -3.30. The average Bonchev–Trinajstić information content (AvgIpc) is 2.65. The molecule has 0 aliphatic carbocycles. The summed E-state index contributed by atoms with van der Waals surface area (Å²) < 4.78 is 37.1. The van der Waals surface area contributed by atoms with Crippen LogP contribution in [0.5, 0.6) is 0 Å². The summed E-state index contributed by atoms with van der Waals surface area (Å²) in [6.07, 6.45) is -1.57. The maximum Gasteiger partial charge on any atom is 0.405 e. The quantitative estimate of drug-likeness (QED) is 0.662. The Morgan fingerprint density at radius 1 is 1.20 bits per heavy atom. The summed E-state index contributed by atoms with van der Waals surface area (Å²) in [6, 6.07) is 9.00. The second-order valence-electron chi connectivity index (χ2n) is 4.81. The maximum atomic E-state index is 12.4. The van der Waals surface area contributed by atoms with E-state index in [0.29, 0.717) is 11.3 Å². The van der Waals surface area contributed by atoms with Gasteiger partial charge >= 0.3 is 6.18 Å². The summed E-state index contributed by atoms with van der Waals surface area (Å²) in [7, 11) is 0. The van der Waals surface area contributed by atoms with E-state index < -0.39 is 18.6 Å².